The molecule has 0 atom stereocenters. The van der Waals surface area contributed by atoms with Crippen LogP contribution >= 0.6 is 0 Å². The molecule has 2 aromatic rings. The van der Waals surface area contributed by atoms with Gasteiger partial charge in [-0.05, 0) is 106 Å². The Labute approximate surface area is 205 Å². The fourth-order valence-electron chi connectivity index (χ4n) is 4.01. The van der Waals surface area contributed by atoms with Gasteiger partial charge in [0.25, 0.3) is 0 Å². The first kappa shape index (κ1) is 27.3. The third-order valence-electron chi connectivity index (χ3n) is 5.72. The summed E-state index contributed by atoms with van der Waals surface area (Å²) in [6, 6.07) is 12.1. The van der Waals surface area contributed by atoms with E-state index in [-0.39, 0.29) is 12.2 Å². The lowest BCUT2D eigenvalue weighted by Gasteiger charge is -2.30. The topological polar surface area (TPSA) is 49.3 Å². The first-order valence-corrected chi connectivity index (χ1v) is 12.4. The SMILES string of the molecule is C/C=C/COc1cc(C)c(OC2CCC(Oc3ccc(/C(C)=N\OC)cc3)CC2)c(C)c1.CC. The largest absolute Gasteiger partial charge is 0.490 e. The van der Waals surface area contributed by atoms with Crippen LogP contribution < -0.4 is 14.2 Å². The summed E-state index contributed by atoms with van der Waals surface area (Å²) in [6.45, 7) is 12.7. The van der Waals surface area contributed by atoms with E-state index in [9.17, 15) is 0 Å². The van der Waals surface area contributed by atoms with Gasteiger partial charge in [-0.2, -0.15) is 0 Å². The summed E-state index contributed by atoms with van der Waals surface area (Å²) in [5.74, 6) is 2.76. The van der Waals surface area contributed by atoms with Gasteiger partial charge in [0.15, 0.2) is 0 Å². The zero-order valence-electron chi connectivity index (χ0n) is 21.9. The third-order valence-corrected chi connectivity index (χ3v) is 5.72. The second-order valence-corrected chi connectivity index (χ2v) is 8.28. The summed E-state index contributed by atoms with van der Waals surface area (Å²) < 4.78 is 18.4. The van der Waals surface area contributed by atoms with E-state index in [4.69, 9.17) is 19.0 Å². The Morgan fingerprint density at radius 1 is 0.912 bits per heavy atom. The van der Waals surface area contributed by atoms with Crippen molar-refractivity contribution in [2.24, 2.45) is 5.16 Å². The second-order valence-electron chi connectivity index (χ2n) is 8.28. The number of oxime groups is 1. The summed E-state index contributed by atoms with van der Waals surface area (Å²) in [4.78, 5) is 4.84. The van der Waals surface area contributed by atoms with Gasteiger partial charge in [-0.25, -0.2) is 0 Å². The van der Waals surface area contributed by atoms with Gasteiger partial charge in [0.2, 0.25) is 0 Å². The molecule has 0 unspecified atom stereocenters. The Kier molecular flexibility index (Phi) is 11.5. The first-order chi connectivity index (χ1) is 16.5. The van der Waals surface area contributed by atoms with Crippen LogP contribution in [0.4, 0.5) is 0 Å². The van der Waals surface area contributed by atoms with Crippen LogP contribution in [0.15, 0.2) is 53.7 Å². The number of benzene rings is 2. The normalized spacial score (nSPS) is 18.1. The van der Waals surface area contributed by atoms with E-state index in [1.807, 2.05) is 64.1 Å². The molecule has 0 amide bonds. The highest BCUT2D eigenvalue weighted by atomic mass is 16.6. The molecule has 1 fully saturated rings. The fourth-order valence-corrected chi connectivity index (χ4v) is 4.01. The number of aryl methyl sites for hydroxylation is 2. The van der Waals surface area contributed by atoms with Crippen molar-refractivity contribution >= 4 is 5.71 Å². The monoisotopic (exact) mass is 467 g/mol. The smallest absolute Gasteiger partial charge is 0.125 e. The van der Waals surface area contributed by atoms with Gasteiger partial charge in [0.05, 0.1) is 17.9 Å². The van der Waals surface area contributed by atoms with Crippen LogP contribution in [0.3, 0.4) is 0 Å². The highest BCUT2D eigenvalue weighted by Gasteiger charge is 2.25. The molecule has 0 aromatic heterocycles. The zero-order chi connectivity index (χ0) is 24.9. The number of hydrogen-bond donors (Lipinski definition) is 0. The predicted octanol–water partition coefficient (Wildman–Crippen LogP) is 7.42. The molecule has 0 aliphatic heterocycles. The van der Waals surface area contributed by atoms with Crippen LogP contribution in [0.1, 0.15) is 70.1 Å². The minimum absolute atomic E-state index is 0.220. The molecular weight excluding hydrogens is 426 g/mol. The van der Waals surface area contributed by atoms with Crippen molar-refractivity contribution < 1.29 is 19.0 Å². The molecule has 1 saturated carbocycles. The van der Waals surface area contributed by atoms with Crippen LogP contribution in [-0.4, -0.2) is 31.6 Å². The second kappa shape index (κ2) is 14.3. The third kappa shape index (κ3) is 8.12. The van der Waals surface area contributed by atoms with Crippen molar-refractivity contribution in [1.82, 2.24) is 0 Å². The fraction of sp³-hybridized carbons (Fsp3) is 0.483. The molecule has 0 radical (unpaired) electrons. The van der Waals surface area contributed by atoms with E-state index >= 15 is 0 Å². The molecule has 1 aliphatic carbocycles. The van der Waals surface area contributed by atoms with Gasteiger partial charge >= 0.3 is 0 Å². The van der Waals surface area contributed by atoms with Crippen molar-refractivity contribution in [3.05, 3.63) is 65.2 Å². The Balaban J connectivity index is 0.00000199. The Hall–Kier alpha value is -2.95. The molecule has 5 heteroatoms. The molecule has 3 rings (SSSR count). The van der Waals surface area contributed by atoms with Crippen molar-refractivity contribution in [2.75, 3.05) is 13.7 Å². The van der Waals surface area contributed by atoms with Gasteiger partial charge in [0.1, 0.15) is 31.0 Å². The lowest BCUT2D eigenvalue weighted by Crippen LogP contribution is -2.30. The molecule has 0 N–H and O–H groups in total. The first-order valence-electron chi connectivity index (χ1n) is 12.4. The molecule has 2 aromatic carbocycles. The van der Waals surface area contributed by atoms with Crippen LogP contribution in [0.25, 0.3) is 0 Å². The maximum Gasteiger partial charge on any atom is 0.125 e. The Morgan fingerprint density at radius 3 is 2.00 bits per heavy atom. The van der Waals surface area contributed by atoms with Crippen LogP contribution in [-0.2, 0) is 4.84 Å². The molecule has 0 saturated heterocycles. The lowest BCUT2D eigenvalue weighted by atomic mass is 9.94. The van der Waals surface area contributed by atoms with Gasteiger partial charge in [-0.15, -0.1) is 0 Å². The van der Waals surface area contributed by atoms with Gasteiger partial charge in [-0.1, -0.05) is 31.2 Å². The summed E-state index contributed by atoms with van der Waals surface area (Å²) >= 11 is 0. The van der Waals surface area contributed by atoms with E-state index in [0.29, 0.717) is 6.61 Å². The molecule has 1 aliphatic rings. The summed E-state index contributed by atoms with van der Waals surface area (Å²) in [5, 5.41) is 3.97. The van der Waals surface area contributed by atoms with Crippen molar-refractivity contribution in [3.63, 3.8) is 0 Å². The van der Waals surface area contributed by atoms with Crippen LogP contribution in [0.2, 0.25) is 0 Å². The molecular formula is C29H41NO4. The average molecular weight is 468 g/mol. The van der Waals surface area contributed by atoms with E-state index in [2.05, 4.69) is 31.1 Å². The lowest BCUT2D eigenvalue weighted by molar-refractivity contribution is 0.0798. The van der Waals surface area contributed by atoms with Gasteiger partial charge < -0.3 is 19.0 Å². The van der Waals surface area contributed by atoms with Crippen LogP contribution in [0.5, 0.6) is 17.2 Å². The zero-order valence-corrected chi connectivity index (χ0v) is 21.9. The van der Waals surface area contributed by atoms with Crippen molar-refractivity contribution in [1.29, 1.82) is 0 Å². The van der Waals surface area contributed by atoms with E-state index in [1.165, 1.54) is 0 Å². The highest BCUT2D eigenvalue weighted by molar-refractivity contribution is 5.98. The Bertz CT molecular complexity index is 903. The molecule has 0 spiro atoms. The highest BCUT2D eigenvalue weighted by Crippen LogP contribution is 2.33. The molecule has 34 heavy (non-hydrogen) atoms. The summed E-state index contributed by atoms with van der Waals surface area (Å²) in [7, 11) is 1.56. The number of rotatable bonds is 9. The molecule has 186 valence electrons. The summed E-state index contributed by atoms with van der Waals surface area (Å²) in [5.41, 5.74) is 4.11. The van der Waals surface area contributed by atoms with Crippen molar-refractivity contribution in [2.45, 2.75) is 79.4 Å². The van der Waals surface area contributed by atoms with E-state index in [0.717, 1.165) is 65.3 Å². The standard InChI is InChI=1S/C27H35NO4.C2H6/c1-6-7-16-30-26-17-19(2)27(20(3)18-26)32-25-14-12-24(13-15-25)31-23-10-8-22(9-11-23)21(4)28-29-5;1-2/h6-11,17-18,24-25H,12-16H2,1-5H3;1-2H3/b7-6+,28-21-;. The predicted molar refractivity (Wildman–Crippen MR) is 141 cm³/mol. The number of nitrogens with zero attached hydrogens (tertiary/aromatic N) is 1. The van der Waals surface area contributed by atoms with Gasteiger partial charge in [-0.3, -0.25) is 0 Å². The minimum Gasteiger partial charge on any atom is -0.490 e. The summed E-state index contributed by atoms with van der Waals surface area (Å²) in [6.07, 6.45) is 8.38. The van der Waals surface area contributed by atoms with Crippen molar-refractivity contribution in [3.8, 4) is 17.2 Å². The molecule has 0 heterocycles. The Morgan fingerprint density at radius 2 is 1.47 bits per heavy atom. The molecule has 5 nitrogen and oxygen atoms in total. The number of ether oxygens (including phenoxy) is 3. The minimum atomic E-state index is 0.220. The maximum atomic E-state index is 6.41. The quantitative estimate of drug-likeness (QED) is 0.219. The molecule has 0 bridgehead atoms. The van der Waals surface area contributed by atoms with Crippen LogP contribution in [0, 0.1) is 13.8 Å². The maximum absolute atomic E-state index is 6.41. The average Bonchev–Trinajstić information content (AvgIpc) is 2.84. The van der Waals surface area contributed by atoms with E-state index < -0.39 is 0 Å². The number of allylic oxidation sites excluding steroid dienone is 1. The number of hydrogen-bond acceptors (Lipinski definition) is 5. The van der Waals surface area contributed by atoms with Gasteiger partial charge in [0, 0.05) is 0 Å². The van der Waals surface area contributed by atoms with E-state index in [1.54, 1.807) is 7.11 Å².